The van der Waals surface area contributed by atoms with Crippen LogP contribution in [0.15, 0.2) is 16.6 Å². The van der Waals surface area contributed by atoms with Gasteiger partial charge in [-0.3, -0.25) is 0 Å². The molecule has 1 rings (SSSR count). The lowest BCUT2D eigenvalue weighted by molar-refractivity contribution is -0.199. The van der Waals surface area contributed by atoms with E-state index in [0.29, 0.717) is 0 Å². The summed E-state index contributed by atoms with van der Waals surface area (Å²) in [4.78, 5) is 0. The highest BCUT2D eigenvalue weighted by atomic mass is 79.9. The zero-order valence-electron chi connectivity index (χ0n) is 7.49. The van der Waals surface area contributed by atoms with Gasteiger partial charge in [-0.05, 0) is 22.0 Å². The number of hydrogen-bond acceptors (Lipinski definition) is 2. The Kier molecular flexibility index (Phi) is 3.90. The van der Waals surface area contributed by atoms with Gasteiger partial charge < -0.3 is 10.5 Å². The van der Waals surface area contributed by atoms with Crippen molar-refractivity contribution in [1.82, 2.24) is 0 Å². The van der Waals surface area contributed by atoms with Crippen molar-refractivity contribution in [2.75, 3.05) is 5.73 Å². The molecule has 8 heteroatoms. The molecule has 0 fully saturated rings. The van der Waals surface area contributed by atoms with Gasteiger partial charge in [-0.25, -0.2) is 8.78 Å². The molecular formula is C8H5BrClF4NO. The Hall–Kier alpha value is -0.690. The summed E-state index contributed by atoms with van der Waals surface area (Å²) in [5, 5.41) is 0. The van der Waals surface area contributed by atoms with Crippen LogP contribution in [0.25, 0.3) is 0 Å². The molecule has 0 bridgehead atoms. The molecule has 2 nitrogen and oxygen atoms in total. The average Bonchev–Trinajstić information content (AvgIpc) is 2.13. The van der Waals surface area contributed by atoms with Gasteiger partial charge in [-0.15, -0.1) is 0 Å². The summed E-state index contributed by atoms with van der Waals surface area (Å²) in [5.74, 6) is -1.32. The van der Waals surface area contributed by atoms with Crippen LogP contribution in [0.2, 0.25) is 0 Å². The number of anilines is 1. The quantitative estimate of drug-likeness (QED) is 0.523. The molecule has 0 heterocycles. The first-order valence-electron chi connectivity index (χ1n) is 3.83. The average molecular weight is 322 g/mol. The van der Waals surface area contributed by atoms with Gasteiger partial charge in [0.25, 0.3) is 5.63 Å². The van der Waals surface area contributed by atoms with Crippen molar-refractivity contribution < 1.29 is 22.3 Å². The van der Waals surface area contributed by atoms with Gasteiger partial charge in [0.05, 0.1) is 10.2 Å². The van der Waals surface area contributed by atoms with Crippen LogP contribution >= 0.6 is 27.5 Å². The van der Waals surface area contributed by atoms with E-state index in [1.165, 1.54) is 0 Å². The van der Waals surface area contributed by atoms with Crippen LogP contribution in [-0.2, 0) is 0 Å². The SMILES string of the molecule is Nc1cc(OC(F)(F)[C@H](F)Cl)c(Br)cc1F. The molecule has 0 aliphatic carbocycles. The first-order valence-corrected chi connectivity index (χ1v) is 5.06. The zero-order chi connectivity index (χ0) is 12.5. The summed E-state index contributed by atoms with van der Waals surface area (Å²) in [6, 6.07) is 1.62. The van der Waals surface area contributed by atoms with Gasteiger partial charge in [0.2, 0.25) is 0 Å². The predicted octanol–water partition coefficient (Wildman–Crippen LogP) is 3.68. The lowest BCUT2D eigenvalue weighted by Gasteiger charge is -2.18. The number of hydrogen-bond donors (Lipinski definition) is 1. The van der Waals surface area contributed by atoms with E-state index in [0.717, 1.165) is 12.1 Å². The van der Waals surface area contributed by atoms with Gasteiger partial charge in [-0.2, -0.15) is 8.78 Å². The molecule has 1 aromatic rings. The summed E-state index contributed by atoms with van der Waals surface area (Å²) in [5.41, 5.74) is 1.71. The maximum Gasteiger partial charge on any atom is 0.444 e. The van der Waals surface area contributed by atoms with Crippen molar-refractivity contribution in [1.29, 1.82) is 0 Å². The van der Waals surface area contributed by atoms with Gasteiger partial charge in [0.15, 0.2) is 0 Å². The first kappa shape index (κ1) is 13.4. The van der Waals surface area contributed by atoms with Crippen molar-refractivity contribution in [3.63, 3.8) is 0 Å². The monoisotopic (exact) mass is 321 g/mol. The minimum absolute atomic E-state index is 0.129. The van der Waals surface area contributed by atoms with Gasteiger partial charge in [-0.1, -0.05) is 11.6 Å². The third-order valence-electron chi connectivity index (χ3n) is 1.55. The lowest BCUT2D eigenvalue weighted by Crippen LogP contribution is -2.32. The molecule has 90 valence electrons. The summed E-state index contributed by atoms with van der Waals surface area (Å²) in [6.45, 7) is 0. The second-order valence-corrected chi connectivity index (χ2v) is 4.01. The highest BCUT2D eigenvalue weighted by Crippen LogP contribution is 2.35. The van der Waals surface area contributed by atoms with E-state index in [4.69, 9.17) is 5.73 Å². The molecule has 1 atom stereocenters. The van der Waals surface area contributed by atoms with E-state index < -0.39 is 29.0 Å². The molecule has 0 spiro atoms. The van der Waals surface area contributed by atoms with Crippen molar-refractivity contribution >= 4 is 33.2 Å². The van der Waals surface area contributed by atoms with Crippen LogP contribution in [0.4, 0.5) is 23.2 Å². The normalized spacial score (nSPS) is 13.6. The molecule has 0 aliphatic heterocycles. The highest BCUT2D eigenvalue weighted by Gasteiger charge is 2.42. The van der Waals surface area contributed by atoms with Crippen molar-refractivity contribution in [2.45, 2.75) is 11.7 Å². The fourth-order valence-electron chi connectivity index (χ4n) is 0.814. The van der Waals surface area contributed by atoms with Crippen molar-refractivity contribution in [3.8, 4) is 5.75 Å². The molecule has 0 radical (unpaired) electrons. The Morgan fingerprint density at radius 1 is 1.44 bits per heavy atom. The summed E-state index contributed by atoms with van der Waals surface area (Å²) < 4.78 is 54.5. The zero-order valence-corrected chi connectivity index (χ0v) is 9.83. The highest BCUT2D eigenvalue weighted by molar-refractivity contribution is 9.10. The number of ether oxygens (including phenoxy) is 1. The molecule has 0 saturated carbocycles. The fraction of sp³-hybridized carbons (Fsp3) is 0.250. The van der Waals surface area contributed by atoms with E-state index in [9.17, 15) is 17.6 Å². The molecule has 0 saturated heterocycles. The van der Waals surface area contributed by atoms with Crippen LogP contribution in [0.1, 0.15) is 0 Å². The van der Waals surface area contributed by atoms with Crippen molar-refractivity contribution in [2.24, 2.45) is 0 Å². The van der Waals surface area contributed by atoms with Crippen LogP contribution in [0.3, 0.4) is 0 Å². The standard InChI is InChI=1S/C8H5BrClF4NO/c9-3-1-4(11)5(15)2-6(3)16-8(13,14)7(10)12/h1-2,7H,15H2/t7-/m0/s1. The van der Waals surface area contributed by atoms with Gasteiger partial charge in [0.1, 0.15) is 11.6 Å². The number of nitrogen functional groups attached to an aromatic ring is 1. The number of halogens is 6. The van der Waals surface area contributed by atoms with E-state index >= 15 is 0 Å². The molecule has 2 N–H and O–H groups in total. The van der Waals surface area contributed by atoms with Crippen LogP contribution in [0.5, 0.6) is 5.75 Å². The fourth-order valence-corrected chi connectivity index (χ4v) is 1.26. The largest absolute Gasteiger partial charge is 0.444 e. The first-order chi connectivity index (χ1) is 7.24. The predicted molar refractivity (Wildman–Crippen MR) is 54.8 cm³/mol. The topological polar surface area (TPSA) is 35.2 Å². The van der Waals surface area contributed by atoms with Gasteiger partial charge >= 0.3 is 6.11 Å². The minimum atomic E-state index is -4.23. The number of alkyl halides is 4. The van der Waals surface area contributed by atoms with Crippen LogP contribution < -0.4 is 10.5 Å². The molecule has 16 heavy (non-hydrogen) atoms. The Morgan fingerprint density at radius 3 is 2.50 bits per heavy atom. The summed E-state index contributed by atoms with van der Waals surface area (Å²) in [7, 11) is 0. The van der Waals surface area contributed by atoms with E-state index in [1.807, 2.05) is 0 Å². The minimum Gasteiger partial charge on any atom is -0.428 e. The maximum atomic E-state index is 12.9. The Bertz CT molecular complexity index is 402. The smallest absolute Gasteiger partial charge is 0.428 e. The summed E-state index contributed by atoms with van der Waals surface area (Å²) >= 11 is 7.34. The second-order valence-electron chi connectivity index (χ2n) is 2.77. The molecule has 0 unspecified atom stereocenters. The van der Waals surface area contributed by atoms with Gasteiger partial charge in [0, 0.05) is 6.07 Å². The molecule has 0 amide bonds. The Morgan fingerprint density at radius 2 is 2.00 bits per heavy atom. The second kappa shape index (κ2) is 4.67. The van der Waals surface area contributed by atoms with E-state index in [1.54, 1.807) is 0 Å². The number of benzene rings is 1. The Balaban J connectivity index is 3.02. The maximum absolute atomic E-state index is 12.9. The Labute approximate surface area is 101 Å². The van der Waals surface area contributed by atoms with Crippen LogP contribution in [0, 0.1) is 5.82 Å². The third kappa shape index (κ3) is 2.91. The number of nitrogens with two attached hydrogens (primary N) is 1. The molecule has 0 aliphatic rings. The third-order valence-corrected chi connectivity index (χ3v) is 2.43. The van der Waals surface area contributed by atoms with Crippen LogP contribution in [-0.4, -0.2) is 11.7 Å². The molecule has 0 aromatic heterocycles. The van der Waals surface area contributed by atoms with E-state index in [-0.39, 0.29) is 4.47 Å². The van der Waals surface area contributed by atoms with Crippen molar-refractivity contribution in [3.05, 3.63) is 22.4 Å². The lowest BCUT2D eigenvalue weighted by atomic mass is 10.3. The number of rotatable bonds is 3. The molecule has 1 aromatic carbocycles. The molecular weight excluding hydrogens is 317 g/mol. The summed E-state index contributed by atoms with van der Waals surface area (Å²) in [6.07, 6.45) is -4.23. The van der Waals surface area contributed by atoms with E-state index in [2.05, 4.69) is 32.3 Å².